The van der Waals surface area contributed by atoms with Crippen LogP contribution in [-0.2, 0) is 6.42 Å². The Labute approximate surface area is 90.6 Å². The molecule has 1 aromatic rings. The van der Waals surface area contributed by atoms with Crippen LogP contribution in [0.1, 0.15) is 12.0 Å². The smallest absolute Gasteiger partial charge is 0.0194 e. The Morgan fingerprint density at radius 1 is 1.17 bits per heavy atom. The molecule has 1 unspecified atom stereocenters. The summed E-state index contributed by atoms with van der Waals surface area (Å²) >= 11 is 7.08. The van der Waals surface area contributed by atoms with Crippen LogP contribution < -0.4 is 0 Å². The molecule has 2 heteroatoms. The molecular weight excluding hydrogens is 280 g/mol. The van der Waals surface area contributed by atoms with E-state index in [-0.39, 0.29) is 0 Å². The van der Waals surface area contributed by atoms with E-state index in [0.29, 0.717) is 4.83 Å². The van der Waals surface area contributed by atoms with E-state index in [1.807, 2.05) is 0 Å². The summed E-state index contributed by atoms with van der Waals surface area (Å²) in [6.07, 6.45) is 2.29. The van der Waals surface area contributed by atoms with Crippen molar-refractivity contribution in [2.75, 3.05) is 5.33 Å². The fourth-order valence-electron chi connectivity index (χ4n) is 1.09. The Morgan fingerprint density at radius 2 is 1.83 bits per heavy atom. The maximum atomic E-state index is 3.64. The molecule has 1 aromatic carbocycles. The van der Waals surface area contributed by atoms with Gasteiger partial charge in [0.05, 0.1) is 0 Å². The quantitative estimate of drug-likeness (QED) is 0.741. The van der Waals surface area contributed by atoms with E-state index in [1.165, 1.54) is 12.0 Å². The van der Waals surface area contributed by atoms with Crippen LogP contribution >= 0.6 is 31.9 Å². The van der Waals surface area contributed by atoms with Gasteiger partial charge in [0.15, 0.2) is 0 Å². The summed E-state index contributed by atoms with van der Waals surface area (Å²) in [5.74, 6) is 0. The molecule has 0 aliphatic heterocycles. The molecular formula is C10H12Br2. The first-order valence-corrected chi connectivity index (χ1v) is 6.10. The maximum absolute atomic E-state index is 3.64. The van der Waals surface area contributed by atoms with Gasteiger partial charge in [-0.15, -0.1) is 0 Å². The fraction of sp³-hybridized carbons (Fsp3) is 0.400. The Balaban J connectivity index is 2.41. The zero-order valence-corrected chi connectivity index (χ0v) is 10.0. The average Bonchev–Trinajstić information content (AvgIpc) is 2.06. The average molecular weight is 292 g/mol. The number of halogens is 2. The van der Waals surface area contributed by atoms with Crippen molar-refractivity contribution in [1.82, 2.24) is 0 Å². The zero-order chi connectivity index (χ0) is 8.81. The van der Waals surface area contributed by atoms with Crippen LogP contribution in [0, 0.1) is 0 Å². The van der Waals surface area contributed by atoms with Gasteiger partial charge in [-0.1, -0.05) is 62.2 Å². The largest absolute Gasteiger partial charge is 0.0928 e. The lowest BCUT2D eigenvalue weighted by atomic mass is 10.1. The van der Waals surface area contributed by atoms with Crippen LogP contribution in [0.5, 0.6) is 0 Å². The third kappa shape index (κ3) is 3.72. The first kappa shape index (κ1) is 10.3. The Hall–Kier alpha value is 0.180. The third-order valence-corrected chi connectivity index (χ3v) is 2.96. The number of benzene rings is 1. The molecule has 0 amide bonds. The van der Waals surface area contributed by atoms with Crippen molar-refractivity contribution in [3.05, 3.63) is 35.9 Å². The first-order chi connectivity index (χ1) is 5.83. The van der Waals surface area contributed by atoms with E-state index in [0.717, 1.165) is 11.8 Å². The second-order valence-corrected chi connectivity index (χ2v) is 4.85. The zero-order valence-electron chi connectivity index (χ0n) is 6.84. The van der Waals surface area contributed by atoms with Crippen LogP contribution in [-0.4, -0.2) is 10.2 Å². The van der Waals surface area contributed by atoms with Gasteiger partial charge in [-0.05, 0) is 18.4 Å². The summed E-state index contributed by atoms with van der Waals surface area (Å²) in [5.41, 5.74) is 1.40. The summed E-state index contributed by atoms with van der Waals surface area (Å²) in [4.78, 5) is 0.597. The molecule has 0 aliphatic carbocycles. The fourth-order valence-corrected chi connectivity index (χ4v) is 2.86. The molecule has 0 heterocycles. The summed E-state index contributed by atoms with van der Waals surface area (Å²) < 4.78 is 0. The minimum atomic E-state index is 0.597. The number of alkyl halides is 2. The molecule has 0 saturated heterocycles. The summed E-state index contributed by atoms with van der Waals surface area (Å²) in [6.45, 7) is 0. The van der Waals surface area contributed by atoms with Crippen molar-refractivity contribution in [1.29, 1.82) is 0 Å². The summed E-state index contributed by atoms with van der Waals surface area (Å²) in [7, 11) is 0. The maximum Gasteiger partial charge on any atom is 0.0194 e. The van der Waals surface area contributed by atoms with Gasteiger partial charge in [-0.2, -0.15) is 0 Å². The second kappa shape index (κ2) is 5.76. The molecule has 1 atom stereocenters. The minimum absolute atomic E-state index is 0.597. The van der Waals surface area contributed by atoms with E-state index < -0.39 is 0 Å². The Bertz CT molecular complexity index is 208. The van der Waals surface area contributed by atoms with Gasteiger partial charge in [0.25, 0.3) is 0 Å². The third-order valence-electron chi connectivity index (χ3n) is 1.72. The highest BCUT2D eigenvalue weighted by atomic mass is 79.9. The standard InChI is InChI=1S/C10H12Br2/c11-7-6-10(12)8-9-4-2-1-3-5-9/h1-5,10H,6-8H2. The molecule has 0 fully saturated rings. The van der Waals surface area contributed by atoms with Gasteiger partial charge >= 0.3 is 0 Å². The normalized spacial score (nSPS) is 12.8. The predicted octanol–water partition coefficient (Wildman–Crippen LogP) is 3.78. The molecule has 12 heavy (non-hydrogen) atoms. The van der Waals surface area contributed by atoms with Gasteiger partial charge in [0.1, 0.15) is 0 Å². The van der Waals surface area contributed by atoms with Crippen molar-refractivity contribution < 1.29 is 0 Å². The molecule has 0 nitrogen and oxygen atoms in total. The van der Waals surface area contributed by atoms with Crippen molar-refractivity contribution in [3.8, 4) is 0 Å². The van der Waals surface area contributed by atoms with E-state index in [1.54, 1.807) is 0 Å². The van der Waals surface area contributed by atoms with Gasteiger partial charge in [-0.25, -0.2) is 0 Å². The van der Waals surface area contributed by atoms with Crippen LogP contribution in [0.3, 0.4) is 0 Å². The molecule has 0 bridgehead atoms. The van der Waals surface area contributed by atoms with Crippen LogP contribution in [0.25, 0.3) is 0 Å². The monoisotopic (exact) mass is 290 g/mol. The molecule has 0 aliphatic rings. The molecule has 0 aromatic heterocycles. The van der Waals surface area contributed by atoms with Gasteiger partial charge in [0, 0.05) is 10.2 Å². The molecule has 66 valence electrons. The van der Waals surface area contributed by atoms with Crippen LogP contribution in [0.15, 0.2) is 30.3 Å². The molecule has 1 rings (SSSR count). The lowest BCUT2D eigenvalue weighted by Crippen LogP contribution is -2.02. The Kier molecular flexibility index (Phi) is 4.93. The van der Waals surface area contributed by atoms with Crippen LogP contribution in [0.4, 0.5) is 0 Å². The lowest BCUT2D eigenvalue weighted by molar-refractivity contribution is 0.841. The molecule has 0 saturated carbocycles. The minimum Gasteiger partial charge on any atom is -0.0928 e. The highest BCUT2D eigenvalue weighted by Gasteiger charge is 2.03. The topological polar surface area (TPSA) is 0 Å². The van der Waals surface area contributed by atoms with E-state index in [4.69, 9.17) is 0 Å². The molecule has 0 N–H and O–H groups in total. The number of hydrogen-bond acceptors (Lipinski definition) is 0. The molecule has 0 radical (unpaired) electrons. The summed E-state index contributed by atoms with van der Waals surface area (Å²) in [6, 6.07) is 10.6. The predicted molar refractivity (Wildman–Crippen MR) is 61.3 cm³/mol. The second-order valence-electron chi connectivity index (χ2n) is 2.76. The van der Waals surface area contributed by atoms with Crippen LogP contribution in [0.2, 0.25) is 0 Å². The number of rotatable bonds is 4. The summed E-state index contributed by atoms with van der Waals surface area (Å²) in [5, 5.41) is 1.07. The SMILES string of the molecule is BrCCC(Br)Cc1ccccc1. The highest BCUT2D eigenvalue weighted by molar-refractivity contribution is 9.10. The molecule has 0 spiro atoms. The van der Waals surface area contributed by atoms with E-state index in [9.17, 15) is 0 Å². The van der Waals surface area contributed by atoms with Crippen molar-refractivity contribution in [2.24, 2.45) is 0 Å². The first-order valence-electron chi connectivity index (χ1n) is 4.07. The van der Waals surface area contributed by atoms with Gasteiger partial charge < -0.3 is 0 Å². The van der Waals surface area contributed by atoms with E-state index >= 15 is 0 Å². The Morgan fingerprint density at radius 3 is 2.42 bits per heavy atom. The lowest BCUT2D eigenvalue weighted by Gasteiger charge is -2.06. The van der Waals surface area contributed by atoms with Crippen molar-refractivity contribution >= 4 is 31.9 Å². The van der Waals surface area contributed by atoms with Crippen molar-refractivity contribution in [3.63, 3.8) is 0 Å². The highest BCUT2D eigenvalue weighted by Crippen LogP contribution is 2.13. The number of hydrogen-bond donors (Lipinski definition) is 0. The van der Waals surface area contributed by atoms with Gasteiger partial charge in [0.2, 0.25) is 0 Å². The van der Waals surface area contributed by atoms with Crippen molar-refractivity contribution in [2.45, 2.75) is 17.7 Å². The van der Waals surface area contributed by atoms with Gasteiger partial charge in [-0.3, -0.25) is 0 Å². The van der Waals surface area contributed by atoms with E-state index in [2.05, 4.69) is 62.2 Å².